The highest BCUT2D eigenvalue weighted by Crippen LogP contribution is 2.13. The highest BCUT2D eigenvalue weighted by atomic mass is 16.5. The van der Waals surface area contributed by atoms with Gasteiger partial charge in [0.15, 0.2) is 5.96 Å². The van der Waals surface area contributed by atoms with E-state index in [9.17, 15) is 0 Å². The van der Waals surface area contributed by atoms with Crippen molar-refractivity contribution in [3.05, 3.63) is 24.2 Å². The molecule has 1 unspecified atom stereocenters. The highest BCUT2D eigenvalue weighted by molar-refractivity contribution is 5.80. The molecule has 2 aliphatic heterocycles. The SMILES string of the molecule is COCCCN1CCC(NC(=NCC2CCCO2)NCCc2ccco2)CC1. The van der Waals surface area contributed by atoms with Crippen molar-refractivity contribution in [2.24, 2.45) is 4.99 Å². The van der Waals surface area contributed by atoms with E-state index >= 15 is 0 Å². The van der Waals surface area contributed by atoms with Gasteiger partial charge in [-0.1, -0.05) is 0 Å². The number of guanidine groups is 1. The van der Waals surface area contributed by atoms with E-state index in [2.05, 4.69) is 15.5 Å². The number of hydrogen-bond acceptors (Lipinski definition) is 5. The highest BCUT2D eigenvalue weighted by Gasteiger charge is 2.20. The minimum absolute atomic E-state index is 0.270. The van der Waals surface area contributed by atoms with Crippen LogP contribution in [0.3, 0.4) is 0 Å². The minimum Gasteiger partial charge on any atom is -0.469 e. The van der Waals surface area contributed by atoms with Crippen LogP contribution in [-0.2, 0) is 15.9 Å². The number of nitrogens with one attached hydrogen (secondary N) is 2. The Labute approximate surface area is 168 Å². The largest absolute Gasteiger partial charge is 0.469 e. The summed E-state index contributed by atoms with van der Waals surface area (Å²) in [6.07, 6.45) is 8.51. The molecular formula is C21H36N4O3. The van der Waals surface area contributed by atoms with Gasteiger partial charge in [-0.2, -0.15) is 0 Å². The fraction of sp³-hybridized carbons (Fsp3) is 0.762. The number of piperidine rings is 1. The lowest BCUT2D eigenvalue weighted by molar-refractivity contribution is 0.117. The Bertz CT molecular complexity index is 550. The van der Waals surface area contributed by atoms with E-state index in [0.717, 1.165) is 96.2 Å². The van der Waals surface area contributed by atoms with Gasteiger partial charge < -0.3 is 29.4 Å². The van der Waals surface area contributed by atoms with Crippen molar-refractivity contribution >= 4 is 5.96 Å². The molecule has 0 radical (unpaired) electrons. The van der Waals surface area contributed by atoms with Gasteiger partial charge in [-0.3, -0.25) is 4.99 Å². The Hall–Kier alpha value is -1.57. The van der Waals surface area contributed by atoms with Gasteiger partial charge in [0.2, 0.25) is 0 Å². The maximum Gasteiger partial charge on any atom is 0.191 e. The van der Waals surface area contributed by atoms with Crippen LogP contribution in [0.2, 0.25) is 0 Å². The van der Waals surface area contributed by atoms with Crippen molar-refractivity contribution in [2.45, 2.75) is 50.7 Å². The maximum absolute atomic E-state index is 5.72. The summed E-state index contributed by atoms with van der Waals surface area (Å²) in [5.41, 5.74) is 0. The number of hydrogen-bond donors (Lipinski definition) is 2. The van der Waals surface area contributed by atoms with Gasteiger partial charge in [-0.05, 0) is 44.2 Å². The first kappa shape index (κ1) is 21.1. The van der Waals surface area contributed by atoms with Crippen molar-refractivity contribution in [2.75, 3.05) is 53.0 Å². The molecule has 0 amide bonds. The first-order valence-electron chi connectivity index (χ1n) is 10.7. The van der Waals surface area contributed by atoms with Gasteiger partial charge >= 0.3 is 0 Å². The lowest BCUT2D eigenvalue weighted by Gasteiger charge is -2.33. The van der Waals surface area contributed by atoms with Crippen LogP contribution in [0, 0.1) is 0 Å². The lowest BCUT2D eigenvalue weighted by atomic mass is 10.1. The predicted molar refractivity (Wildman–Crippen MR) is 111 cm³/mol. The molecule has 0 aliphatic carbocycles. The Morgan fingerprint density at radius 3 is 2.93 bits per heavy atom. The first-order valence-corrected chi connectivity index (χ1v) is 10.7. The summed E-state index contributed by atoms with van der Waals surface area (Å²) < 4.78 is 16.3. The van der Waals surface area contributed by atoms with Gasteiger partial charge in [0.05, 0.1) is 18.9 Å². The number of methoxy groups -OCH3 is 1. The molecule has 0 bridgehead atoms. The Morgan fingerprint density at radius 2 is 2.21 bits per heavy atom. The molecule has 7 nitrogen and oxygen atoms in total. The van der Waals surface area contributed by atoms with Crippen LogP contribution in [0.25, 0.3) is 0 Å². The molecule has 2 fully saturated rings. The molecule has 28 heavy (non-hydrogen) atoms. The third kappa shape index (κ3) is 7.45. The van der Waals surface area contributed by atoms with Crippen molar-refractivity contribution in [1.82, 2.24) is 15.5 Å². The molecule has 1 aromatic heterocycles. The zero-order chi connectivity index (χ0) is 19.4. The van der Waals surface area contributed by atoms with Crippen molar-refractivity contribution < 1.29 is 13.9 Å². The number of ether oxygens (including phenoxy) is 2. The van der Waals surface area contributed by atoms with Gasteiger partial charge in [0.1, 0.15) is 5.76 Å². The van der Waals surface area contributed by atoms with E-state index in [1.54, 1.807) is 13.4 Å². The van der Waals surface area contributed by atoms with Crippen molar-refractivity contribution in [3.63, 3.8) is 0 Å². The predicted octanol–water partition coefficient (Wildman–Crippen LogP) is 2.04. The van der Waals surface area contributed by atoms with Crippen molar-refractivity contribution in [3.8, 4) is 0 Å². The average molecular weight is 393 g/mol. The summed E-state index contributed by atoms with van der Waals surface area (Å²) in [4.78, 5) is 7.34. The second kappa shape index (κ2) is 12.1. The zero-order valence-corrected chi connectivity index (χ0v) is 17.2. The maximum atomic E-state index is 5.72. The molecule has 0 spiro atoms. The quantitative estimate of drug-likeness (QED) is 0.361. The monoisotopic (exact) mass is 392 g/mol. The number of rotatable bonds is 10. The summed E-state index contributed by atoms with van der Waals surface area (Å²) >= 11 is 0. The Morgan fingerprint density at radius 1 is 1.32 bits per heavy atom. The fourth-order valence-corrected chi connectivity index (χ4v) is 3.82. The first-order chi connectivity index (χ1) is 13.8. The molecule has 2 aliphatic rings. The topological polar surface area (TPSA) is 71.3 Å². The van der Waals surface area contributed by atoms with Crippen molar-refractivity contribution in [1.29, 1.82) is 0 Å². The fourth-order valence-electron chi connectivity index (χ4n) is 3.82. The van der Waals surface area contributed by atoms with E-state index in [1.807, 2.05) is 12.1 Å². The third-order valence-electron chi connectivity index (χ3n) is 5.47. The normalized spacial score (nSPS) is 21.9. The molecule has 0 saturated carbocycles. The molecule has 3 heterocycles. The van der Waals surface area contributed by atoms with Crippen LogP contribution in [-0.4, -0.2) is 76.1 Å². The Kier molecular flexibility index (Phi) is 9.13. The number of nitrogens with zero attached hydrogens (tertiary/aromatic N) is 2. The van der Waals surface area contributed by atoms with Crippen LogP contribution in [0.4, 0.5) is 0 Å². The molecule has 1 atom stereocenters. The summed E-state index contributed by atoms with van der Waals surface area (Å²) in [5.74, 6) is 1.90. The number of aliphatic imine (C=N–C) groups is 1. The van der Waals surface area contributed by atoms with E-state index in [0.29, 0.717) is 6.04 Å². The average Bonchev–Trinajstić information content (AvgIpc) is 3.42. The standard InChI is InChI=1S/C21H36N4O3/c1-26-14-4-11-25-12-8-18(9-13-25)24-21(23-17-20-6-3-16-28-20)22-10-7-19-5-2-15-27-19/h2,5,15,18,20H,3-4,6-14,16-17H2,1H3,(H2,22,23,24). The Balaban J connectivity index is 1.43. The van der Waals surface area contributed by atoms with Crippen LogP contribution in [0.5, 0.6) is 0 Å². The second-order valence-electron chi connectivity index (χ2n) is 7.69. The minimum atomic E-state index is 0.270. The van der Waals surface area contributed by atoms with E-state index in [-0.39, 0.29) is 6.10 Å². The van der Waals surface area contributed by atoms with E-state index < -0.39 is 0 Å². The molecule has 1 aromatic rings. The molecule has 3 rings (SSSR count). The van der Waals surface area contributed by atoms with Gasteiger partial charge in [-0.15, -0.1) is 0 Å². The van der Waals surface area contributed by atoms with Gasteiger partial charge in [-0.25, -0.2) is 0 Å². The number of likely N-dealkylation sites (tertiary alicyclic amines) is 1. The molecule has 158 valence electrons. The molecule has 2 N–H and O–H groups in total. The molecular weight excluding hydrogens is 356 g/mol. The van der Waals surface area contributed by atoms with Gasteiger partial charge in [0.25, 0.3) is 0 Å². The third-order valence-corrected chi connectivity index (χ3v) is 5.47. The van der Waals surface area contributed by atoms with E-state index in [4.69, 9.17) is 18.9 Å². The molecule has 7 heteroatoms. The van der Waals surface area contributed by atoms with E-state index in [1.165, 1.54) is 0 Å². The number of furan rings is 1. The zero-order valence-electron chi connectivity index (χ0n) is 17.2. The summed E-state index contributed by atoms with van der Waals surface area (Å²) in [6.45, 7) is 6.64. The summed E-state index contributed by atoms with van der Waals surface area (Å²) in [5, 5.41) is 7.12. The van der Waals surface area contributed by atoms with Crippen LogP contribution >= 0.6 is 0 Å². The van der Waals surface area contributed by atoms with Crippen LogP contribution in [0.15, 0.2) is 27.8 Å². The van der Waals surface area contributed by atoms with Crippen LogP contribution in [0.1, 0.15) is 37.9 Å². The second-order valence-corrected chi connectivity index (χ2v) is 7.69. The lowest BCUT2D eigenvalue weighted by Crippen LogP contribution is -2.49. The summed E-state index contributed by atoms with van der Waals surface area (Å²) in [7, 11) is 1.77. The van der Waals surface area contributed by atoms with Crippen LogP contribution < -0.4 is 10.6 Å². The van der Waals surface area contributed by atoms with Gasteiger partial charge in [0, 0.05) is 59.0 Å². The summed E-state index contributed by atoms with van der Waals surface area (Å²) in [6, 6.07) is 4.41. The smallest absolute Gasteiger partial charge is 0.191 e. The molecule has 2 saturated heterocycles. The molecule has 0 aromatic carbocycles.